The molecule has 2 unspecified atom stereocenters. The molecule has 0 aromatic carbocycles. The highest BCUT2D eigenvalue weighted by Gasteiger charge is 2.45. The maximum absolute atomic E-state index is 12.4. The molecule has 2 saturated heterocycles. The minimum absolute atomic E-state index is 0.0637. The van der Waals surface area contributed by atoms with Crippen LogP contribution < -0.4 is 5.32 Å². The standard InChI is InChI=1S/C15H26N2O5/c1-3-22-13(18)15(11-20-2)6-4-7-17(10-15)14(19)16-12-5-8-21-9-12/h12H,3-11H2,1-2H3,(H,16,19). The van der Waals surface area contributed by atoms with Gasteiger partial charge in [0.25, 0.3) is 0 Å². The molecule has 1 N–H and O–H groups in total. The van der Waals surface area contributed by atoms with Crippen molar-refractivity contribution in [3.63, 3.8) is 0 Å². The Balaban J connectivity index is 2.00. The van der Waals surface area contributed by atoms with Crippen molar-refractivity contribution >= 4 is 12.0 Å². The molecule has 2 heterocycles. The Morgan fingerprint density at radius 3 is 2.91 bits per heavy atom. The summed E-state index contributed by atoms with van der Waals surface area (Å²) in [5, 5.41) is 2.97. The number of carbonyl (C=O) groups is 2. The van der Waals surface area contributed by atoms with Crippen molar-refractivity contribution in [2.75, 3.05) is 46.6 Å². The second-order valence-corrected chi connectivity index (χ2v) is 5.97. The van der Waals surface area contributed by atoms with E-state index >= 15 is 0 Å². The van der Waals surface area contributed by atoms with Crippen LogP contribution in [0, 0.1) is 5.41 Å². The fourth-order valence-electron chi connectivity index (χ4n) is 3.12. The van der Waals surface area contributed by atoms with Crippen molar-refractivity contribution in [2.45, 2.75) is 32.2 Å². The first-order valence-corrected chi connectivity index (χ1v) is 7.90. The summed E-state index contributed by atoms with van der Waals surface area (Å²) < 4.78 is 15.7. The Kier molecular flexibility index (Phi) is 6.02. The van der Waals surface area contributed by atoms with Crippen molar-refractivity contribution in [1.29, 1.82) is 0 Å². The van der Waals surface area contributed by atoms with E-state index in [1.165, 1.54) is 0 Å². The van der Waals surface area contributed by atoms with Gasteiger partial charge in [-0.3, -0.25) is 4.79 Å². The number of nitrogens with zero attached hydrogens (tertiary/aromatic N) is 1. The van der Waals surface area contributed by atoms with Gasteiger partial charge in [-0.1, -0.05) is 0 Å². The molecular weight excluding hydrogens is 288 g/mol. The number of ether oxygens (including phenoxy) is 3. The normalized spacial score (nSPS) is 28.5. The fourth-order valence-corrected chi connectivity index (χ4v) is 3.12. The van der Waals surface area contributed by atoms with Crippen LogP contribution in [-0.4, -0.2) is 69.6 Å². The third-order valence-corrected chi connectivity index (χ3v) is 4.25. The largest absolute Gasteiger partial charge is 0.465 e. The third kappa shape index (κ3) is 3.89. The molecule has 0 aromatic heterocycles. The Labute approximate surface area is 131 Å². The van der Waals surface area contributed by atoms with E-state index in [-0.39, 0.29) is 24.6 Å². The molecule has 2 atom stereocenters. The topological polar surface area (TPSA) is 77.1 Å². The molecule has 22 heavy (non-hydrogen) atoms. The van der Waals surface area contributed by atoms with E-state index in [4.69, 9.17) is 14.2 Å². The first-order chi connectivity index (χ1) is 10.6. The molecule has 2 amide bonds. The Bertz CT molecular complexity index is 393. The van der Waals surface area contributed by atoms with E-state index in [1.807, 2.05) is 0 Å². The second kappa shape index (κ2) is 7.78. The van der Waals surface area contributed by atoms with Gasteiger partial charge in [0.05, 0.1) is 25.9 Å². The lowest BCUT2D eigenvalue weighted by atomic mass is 9.80. The molecule has 0 aromatic rings. The molecule has 126 valence electrons. The van der Waals surface area contributed by atoms with Crippen LogP contribution in [-0.2, 0) is 19.0 Å². The van der Waals surface area contributed by atoms with Crippen molar-refractivity contribution in [3.8, 4) is 0 Å². The van der Waals surface area contributed by atoms with Gasteiger partial charge in [0.15, 0.2) is 0 Å². The summed E-state index contributed by atoms with van der Waals surface area (Å²) in [7, 11) is 1.57. The summed E-state index contributed by atoms with van der Waals surface area (Å²) in [4.78, 5) is 26.4. The molecule has 0 radical (unpaired) electrons. The van der Waals surface area contributed by atoms with E-state index in [2.05, 4.69) is 5.32 Å². The molecular formula is C15H26N2O5. The average molecular weight is 314 g/mol. The highest BCUT2D eigenvalue weighted by atomic mass is 16.5. The summed E-state index contributed by atoms with van der Waals surface area (Å²) >= 11 is 0. The summed E-state index contributed by atoms with van der Waals surface area (Å²) in [5.41, 5.74) is -0.757. The lowest BCUT2D eigenvalue weighted by Crippen LogP contribution is -2.56. The van der Waals surface area contributed by atoms with Crippen molar-refractivity contribution in [2.24, 2.45) is 5.41 Å². The molecule has 7 nitrogen and oxygen atoms in total. The number of rotatable bonds is 5. The third-order valence-electron chi connectivity index (χ3n) is 4.25. The zero-order chi connectivity index (χ0) is 16.0. The molecule has 2 aliphatic heterocycles. The minimum Gasteiger partial charge on any atom is -0.465 e. The zero-order valence-electron chi connectivity index (χ0n) is 13.4. The summed E-state index contributed by atoms with van der Waals surface area (Å²) in [6.45, 7) is 4.59. The highest BCUT2D eigenvalue weighted by Crippen LogP contribution is 2.32. The minimum atomic E-state index is -0.757. The second-order valence-electron chi connectivity index (χ2n) is 5.97. The number of esters is 1. The van der Waals surface area contributed by atoms with Crippen molar-refractivity contribution < 1.29 is 23.8 Å². The zero-order valence-corrected chi connectivity index (χ0v) is 13.4. The van der Waals surface area contributed by atoms with Crippen LogP contribution in [0.3, 0.4) is 0 Å². The number of hydrogen-bond acceptors (Lipinski definition) is 5. The number of nitrogens with one attached hydrogen (secondary N) is 1. The first-order valence-electron chi connectivity index (χ1n) is 7.90. The van der Waals surface area contributed by atoms with Crippen LogP contribution in [0.15, 0.2) is 0 Å². The highest BCUT2D eigenvalue weighted by molar-refractivity contribution is 5.80. The van der Waals surface area contributed by atoms with Crippen LogP contribution in [0.25, 0.3) is 0 Å². The number of piperidine rings is 1. The van der Waals surface area contributed by atoms with Gasteiger partial charge in [0.2, 0.25) is 0 Å². The number of urea groups is 1. The van der Waals surface area contributed by atoms with Crippen LogP contribution in [0.2, 0.25) is 0 Å². The van der Waals surface area contributed by atoms with Gasteiger partial charge in [0, 0.05) is 26.8 Å². The summed E-state index contributed by atoms with van der Waals surface area (Å²) in [6, 6.07) is -0.0752. The SMILES string of the molecule is CCOC(=O)C1(COC)CCCN(C(=O)NC2CCOC2)C1. The lowest BCUT2D eigenvalue weighted by molar-refractivity contribution is -0.162. The predicted octanol–water partition coefficient (Wildman–Crippen LogP) is 0.777. The monoisotopic (exact) mass is 314 g/mol. The van der Waals surface area contributed by atoms with E-state index in [0.717, 1.165) is 12.8 Å². The Morgan fingerprint density at radius 1 is 1.45 bits per heavy atom. The maximum atomic E-state index is 12.4. The van der Waals surface area contributed by atoms with E-state index in [9.17, 15) is 9.59 Å². The van der Waals surface area contributed by atoms with E-state index in [1.54, 1.807) is 18.9 Å². The van der Waals surface area contributed by atoms with Gasteiger partial charge in [-0.05, 0) is 26.2 Å². The van der Waals surface area contributed by atoms with E-state index < -0.39 is 5.41 Å². The van der Waals surface area contributed by atoms with Gasteiger partial charge in [0.1, 0.15) is 5.41 Å². The van der Waals surface area contributed by atoms with E-state index in [0.29, 0.717) is 39.3 Å². The lowest BCUT2D eigenvalue weighted by Gasteiger charge is -2.40. The fraction of sp³-hybridized carbons (Fsp3) is 0.867. The summed E-state index contributed by atoms with van der Waals surface area (Å²) in [6.07, 6.45) is 2.27. The summed E-state index contributed by atoms with van der Waals surface area (Å²) in [5.74, 6) is -0.279. The molecule has 0 saturated carbocycles. The molecule has 0 bridgehead atoms. The predicted molar refractivity (Wildman–Crippen MR) is 79.5 cm³/mol. The number of likely N-dealkylation sites (tertiary alicyclic amines) is 1. The van der Waals surface area contributed by atoms with Gasteiger partial charge < -0.3 is 24.4 Å². The van der Waals surface area contributed by atoms with Crippen molar-refractivity contribution in [3.05, 3.63) is 0 Å². The molecule has 7 heteroatoms. The first kappa shape index (κ1) is 17.0. The van der Waals surface area contributed by atoms with Crippen LogP contribution >= 0.6 is 0 Å². The number of carbonyl (C=O) groups excluding carboxylic acids is 2. The molecule has 0 spiro atoms. The van der Waals surface area contributed by atoms with Gasteiger partial charge in [-0.15, -0.1) is 0 Å². The van der Waals surface area contributed by atoms with Crippen molar-refractivity contribution in [1.82, 2.24) is 10.2 Å². The van der Waals surface area contributed by atoms with Crippen LogP contribution in [0.4, 0.5) is 4.79 Å². The maximum Gasteiger partial charge on any atom is 0.317 e. The number of amides is 2. The molecule has 2 fully saturated rings. The Morgan fingerprint density at radius 2 is 2.27 bits per heavy atom. The van der Waals surface area contributed by atoms with Gasteiger partial charge >= 0.3 is 12.0 Å². The molecule has 2 rings (SSSR count). The van der Waals surface area contributed by atoms with Crippen LogP contribution in [0.1, 0.15) is 26.2 Å². The quantitative estimate of drug-likeness (QED) is 0.759. The Hall–Kier alpha value is -1.34. The van der Waals surface area contributed by atoms with Gasteiger partial charge in [-0.25, -0.2) is 4.79 Å². The van der Waals surface area contributed by atoms with Gasteiger partial charge in [-0.2, -0.15) is 0 Å². The smallest absolute Gasteiger partial charge is 0.317 e. The average Bonchev–Trinajstić information content (AvgIpc) is 3.01. The van der Waals surface area contributed by atoms with Crippen LogP contribution in [0.5, 0.6) is 0 Å². The number of methoxy groups -OCH3 is 1. The molecule has 2 aliphatic rings. The molecule has 0 aliphatic carbocycles. The number of hydrogen-bond donors (Lipinski definition) is 1.